The van der Waals surface area contributed by atoms with Gasteiger partial charge in [-0.2, -0.15) is 5.10 Å². The highest BCUT2D eigenvalue weighted by atomic mass is 15.3. The van der Waals surface area contributed by atoms with Gasteiger partial charge in [-0.15, -0.1) is 0 Å². The summed E-state index contributed by atoms with van der Waals surface area (Å²) in [6.07, 6.45) is 3.24. The molecular formula is C11H15N4+. The lowest BCUT2D eigenvalue weighted by Gasteiger charge is -2.08. The molecule has 2 N–H and O–H groups in total. The third kappa shape index (κ3) is 2.05. The Kier molecular flexibility index (Phi) is 2.78. The van der Waals surface area contributed by atoms with Gasteiger partial charge in [0.1, 0.15) is 18.7 Å². The van der Waals surface area contributed by atoms with E-state index in [4.69, 9.17) is 0 Å². The molecule has 0 spiro atoms. The van der Waals surface area contributed by atoms with Crippen molar-refractivity contribution in [2.75, 3.05) is 7.05 Å². The van der Waals surface area contributed by atoms with Crippen LogP contribution < -0.4 is 5.32 Å². The number of nitrogens with two attached hydrogens (primary N) is 1. The van der Waals surface area contributed by atoms with Crippen LogP contribution in [0.4, 0.5) is 0 Å². The molecule has 15 heavy (non-hydrogen) atoms. The molecular weight excluding hydrogens is 188 g/mol. The summed E-state index contributed by atoms with van der Waals surface area (Å²) in [6.45, 7) is 2.18. The van der Waals surface area contributed by atoms with Gasteiger partial charge >= 0.3 is 0 Å². The molecule has 1 heterocycles. The van der Waals surface area contributed by atoms with Gasteiger partial charge in [0, 0.05) is 5.56 Å². The van der Waals surface area contributed by atoms with Crippen molar-refractivity contribution in [3.8, 4) is 5.69 Å². The largest absolute Gasteiger partial charge is 0.343 e. The minimum atomic E-state index is 0.495. The first-order valence-electron chi connectivity index (χ1n) is 5.05. The Labute approximate surface area is 89.0 Å². The zero-order chi connectivity index (χ0) is 10.7. The third-order valence-corrected chi connectivity index (χ3v) is 2.60. The maximum atomic E-state index is 4.08. The van der Waals surface area contributed by atoms with Gasteiger partial charge in [0.25, 0.3) is 0 Å². The number of rotatable bonds is 3. The predicted octanol–water partition coefficient (Wildman–Crippen LogP) is 0.521. The van der Waals surface area contributed by atoms with E-state index in [2.05, 4.69) is 53.6 Å². The van der Waals surface area contributed by atoms with E-state index < -0.39 is 0 Å². The number of nitrogens with zero attached hydrogens (tertiary/aromatic N) is 3. The Morgan fingerprint density at radius 2 is 2.00 bits per heavy atom. The Morgan fingerprint density at radius 3 is 2.53 bits per heavy atom. The molecule has 0 aliphatic carbocycles. The van der Waals surface area contributed by atoms with Gasteiger partial charge in [0.2, 0.25) is 0 Å². The van der Waals surface area contributed by atoms with Crippen LogP contribution in [0.5, 0.6) is 0 Å². The lowest BCUT2D eigenvalue weighted by molar-refractivity contribution is -0.666. The smallest absolute Gasteiger partial charge is 0.138 e. The summed E-state index contributed by atoms with van der Waals surface area (Å²) >= 11 is 0. The second-order valence-corrected chi connectivity index (χ2v) is 3.55. The number of aromatic nitrogens is 3. The van der Waals surface area contributed by atoms with Crippen LogP contribution in [0.1, 0.15) is 18.5 Å². The molecule has 0 unspecified atom stereocenters. The quantitative estimate of drug-likeness (QED) is 0.790. The summed E-state index contributed by atoms with van der Waals surface area (Å²) in [4.78, 5) is 3.92. The van der Waals surface area contributed by atoms with Crippen molar-refractivity contribution in [3.05, 3.63) is 42.5 Å². The zero-order valence-corrected chi connectivity index (χ0v) is 8.96. The summed E-state index contributed by atoms with van der Waals surface area (Å²) in [5.41, 5.74) is 2.36. The normalized spacial score (nSPS) is 12.7. The molecule has 0 fully saturated rings. The first kappa shape index (κ1) is 9.86. The number of quaternary nitrogens is 1. The Morgan fingerprint density at radius 1 is 1.27 bits per heavy atom. The van der Waals surface area contributed by atoms with E-state index in [9.17, 15) is 0 Å². The van der Waals surface area contributed by atoms with Gasteiger partial charge in [-0.05, 0) is 19.1 Å². The van der Waals surface area contributed by atoms with Crippen molar-refractivity contribution in [1.82, 2.24) is 14.8 Å². The summed E-state index contributed by atoms with van der Waals surface area (Å²) in [6, 6.07) is 8.87. The molecule has 0 radical (unpaired) electrons. The van der Waals surface area contributed by atoms with Crippen LogP contribution in [-0.2, 0) is 0 Å². The van der Waals surface area contributed by atoms with Crippen LogP contribution in [-0.4, -0.2) is 21.8 Å². The minimum Gasteiger partial charge on any atom is -0.343 e. The first-order valence-corrected chi connectivity index (χ1v) is 5.05. The Bertz CT molecular complexity index is 405. The molecule has 1 aromatic carbocycles. The lowest BCUT2D eigenvalue weighted by atomic mass is 10.1. The van der Waals surface area contributed by atoms with Gasteiger partial charge in [-0.3, -0.25) is 0 Å². The van der Waals surface area contributed by atoms with E-state index in [1.54, 1.807) is 11.0 Å². The fraction of sp³-hybridized carbons (Fsp3) is 0.273. The molecule has 0 amide bonds. The van der Waals surface area contributed by atoms with E-state index >= 15 is 0 Å². The predicted molar refractivity (Wildman–Crippen MR) is 57.6 cm³/mol. The van der Waals surface area contributed by atoms with Crippen LogP contribution in [0.2, 0.25) is 0 Å². The standard InChI is InChI=1S/C11H14N4/c1-9(12-2)10-3-5-11(6-4-10)15-8-13-7-14-15/h3-9,12H,1-2H3/p+1/t9-/m1/s1. The summed E-state index contributed by atoms with van der Waals surface area (Å²) < 4.78 is 1.75. The molecule has 0 bridgehead atoms. The first-order chi connectivity index (χ1) is 7.31. The highest BCUT2D eigenvalue weighted by Crippen LogP contribution is 2.11. The molecule has 4 heteroatoms. The van der Waals surface area contributed by atoms with Crippen LogP contribution in [0.15, 0.2) is 36.9 Å². The average molecular weight is 203 g/mol. The second kappa shape index (κ2) is 4.23. The molecule has 1 atom stereocenters. The molecule has 0 saturated heterocycles. The van der Waals surface area contributed by atoms with Crippen molar-refractivity contribution in [1.29, 1.82) is 0 Å². The second-order valence-electron chi connectivity index (χ2n) is 3.55. The van der Waals surface area contributed by atoms with E-state index in [1.807, 2.05) is 0 Å². The zero-order valence-electron chi connectivity index (χ0n) is 8.96. The molecule has 2 rings (SSSR count). The molecule has 2 aromatic rings. The number of benzene rings is 1. The lowest BCUT2D eigenvalue weighted by Crippen LogP contribution is -2.80. The molecule has 4 nitrogen and oxygen atoms in total. The van der Waals surface area contributed by atoms with Crippen LogP contribution >= 0.6 is 0 Å². The molecule has 0 aliphatic heterocycles. The van der Waals surface area contributed by atoms with Crippen LogP contribution in [0, 0.1) is 0 Å². The van der Waals surface area contributed by atoms with Crippen molar-refractivity contribution >= 4 is 0 Å². The maximum Gasteiger partial charge on any atom is 0.138 e. The highest BCUT2D eigenvalue weighted by Gasteiger charge is 2.05. The average Bonchev–Trinajstić information content (AvgIpc) is 2.82. The SMILES string of the molecule is C[NH2+][C@H](C)c1ccc(-n2cncn2)cc1. The number of hydrogen-bond donors (Lipinski definition) is 1. The van der Waals surface area contributed by atoms with Gasteiger partial charge in [0.15, 0.2) is 0 Å². The highest BCUT2D eigenvalue weighted by molar-refractivity contribution is 5.33. The fourth-order valence-corrected chi connectivity index (χ4v) is 1.46. The summed E-state index contributed by atoms with van der Waals surface area (Å²) in [5.74, 6) is 0. The number of hydrogen-bond acceptors (Lipinski definition) is 2. The van der Waals surface area contributed by atoms with E-state index in [1.165, 1.54) is 11.9 Å². The Balaban J connectivity index is 2.25. The maximum absolute atomic E-state index is 4.08. The van der Waals surface area contributed by atoms with E-state index in [0.29, 0.717) is 6.04 Å². The van der Waals surface area contributed by atoms with Gasteiger partial charge < -0.3 is 5.32 Å². The summed E-state index contributed by atoms with van der Waals surface area (Å²) in [7, 11) is 2.08. The summed E-state index contributed by atoms with van der Waals surface area (Å²) in [5, 5.41) is 6.26. The van der Waals surface area contributed by atoms with Crippen LogP contribution in [0.25, 0.3) is 5.69 Å². The topological polar surface area (TPSA) is 47.3 Å². The molecule has 78 valence electrons. The molecule has 1 aromatic heterocycles. The molecule has 0 saturated carbocycles. The van der Waals surface area contributed by atoms with Crippen LogP contribution in [0.3, 0.4) is 0 Å². The Hall–Kier alpha value is -1.68. The minimum absolute atomic E-state index is 0.495. The monoisotopic (exact) mass is 203 g/mol. The van der Waals surface area contributed by atoms with E-state index in [-0.39, 0.29) is 0 Å². The van der Waals surface area contributed by atoms with Gasteiger partial charge in [-0.1, -0.05) is 12.1 Å². The van der Waals surface area contributed by atoms with Crippen molar-refractivity contribution in [2.45, 2.75) is 13.0 Å². The van der Waals surface area contributed by atoms with E-state index in [0.717, 1.165) is 5.69 Å². The van der Waals surface area contributed by atoms with Crippen molar-refractivity contribution in [3.63, 3.8) is 0 Å². The fourth-order valence-electron chi connectivity index (χ4n) is 1.46. The third-order valence-electron chi connectivity index (χ3n) is 2.60. The van der Waals surface area contributed by atoms with Crippen molar-refractivity contribution < 1.29 is 5.32 Å². The van der Waals surface area contributed by atoms with Gasteiger partial charge in [0.05, 0.1) is 12.7 Å². The van der Waals surface area contributed by atoms with Crippen molar-refractivity contribution in [2.24, 2.45) is 0 Å². The van der Waals surface area contributed by atoms with Gasteiger partial charge in [-0.25, -0.2) is 9.67 Å². The molecule has 0 aliphatic rings.